The number of rotatable bonds is 22. The molecule has 0 atom stereocenters. The number of benzene rings is 3. The van der Waals surface area contributed by atoms with Gasteiger partial charge in [-0.1, -0.05) is 118 Å². The molecule has 0 fully saturated rings. The lowest BCUT2D eigenvalue weighted by molar-refractivity contribution is 0.0497. The zero-order valence-electron chi connectivity index (χ0n) is 26.7. The van der Waals surface area contributed by atoms with Crippen LogP contribution in [0.1, 0.15) is 118 Å². The van der Waals surface area contributed by atoms with Crippen LogP contribution in [0.15, 0.2) is 76.2 Å². The molecular weight excluding hydrogens is 614 g/mol. The van der Waals surface area contributed by atoms with Crippen LogP contribution in [0.3, 0.4) is 0 Å². The number of unbranched alkanes of at least 4 members (excludes halogenated alkanes) is 13. The highest BCUT2D eigenvalue weighted by Crippen LogP contribution is 2.29. The Kier molecular flexibility index (Phi) is 17.3. The normalized spacial score (nSPS) is 11.2. The van der Waals surface area contributed by atoms with E-state index in [1.165, 1.54) is 77.0 Å². The molecule has 0 N–H and O–H groups in total. The predicted octanol–water partition coefficient (Wildman–Crippen LogP) is 11.4. The van der Waals surface area contributed by atoms with Crippen LogP contribution in [0, 0.1) is 0 Å². The molecular formula is C38H50BrNO4. The van der Waals surface area contributed by atoms with Crippen LogP contribution in [-0.2, 0) is 11.3 Å². The zero-order valence-corrected chi connectivity index (χ0v) is 28.3. The van der Waals surface area contributed by atoms with Crippen molar-refractivity contribution >= 4 is 33.8 Å². The molecule has 6 heteroatoms. The fourth-order valence-electron chi connectivity index (χ4n) is 5.00. The summed E-state index contributed by atoms with van der Waals surface area (Å²) >= 11 is 3.44. The molecule has 3 aromatic carbocycles. The lowest BCUT2D eigenvalue weighted by atomic mass is 10.0. The number of aliphatic imine (C=N–C) groups is 1. The van der Waals surface area contributed by atoms with E-state index in [2.05, 4.69) is 27.8 Å². The third-order valence-corrected chi connectivity index (χ3v) is 8.22. The van der Waals surface area contributed by atoms with Crippen molar-refractivity contribution in [3.05, 3.63) is 87.9 Å². The topological polar surface area (TPSA) is 57.1 Å². The zero-order chi connectivity index (χ0) is 31.2. The molecule has 0 aliphatic heterocycles. The molecule has 0 amide bonds. The van der Waals surface area contributed by atoms with E-state index < -0.39 is 0 Å². The summed E-state index contributed by atoms with van der Waals surface area (Å²) in [5.41, 5.74) is 3.30. The number of hydrogen-bond acceptors (Lipinski definition) is 5. The van der Waals surface area contributed by atoms with E-state index in [9.17, 15) is 4.79 Å². The minimum absolute atomic E-state index is 0.269. The smallest absolute Gasteiger partial charge is 0.338 e. The van der Waals surface area contributed by atoms with Gasteiger partial charge in [0.2, 0.25) is 0 Å². The lowest BCUT2D eigenvalue weighted by Crippen LogP contribution is -2.07. The quantitative estimate of drug-likeness (QED) is 0.0609. The van der Waals surface area contributed by atoms with Crippen LogP contribution >= 0.6 is 15.9 Å². The molecule has 0 saturated carbocycles. The Morgan fingerprint density at radius 3 is 1.91 bits per heavy atom. The van der Waals surface area contributed by atoms with Crippen LogP contribution in [0.4, 0.5) is 5.69 Å². The Labute approximate surface area is 273 Å². The summed E-state index contributed by atoms with van der Waals surface area (Å²) < 4.78 is 18.1. The fraction of sp³-hybridized carbons (Fsp3) is 0.474. The van der Waals surface area contributed by atoms with Crippen molar-refractivity contribution in [3.63, 3.8) is 0 Å². The first-order valence-electron chi connectivity index (χ1n) is 16.5. The van der Waals surface area contributed by atoms with Crippen molar-refractivity contribution in [2.45, 2.75) is 103 Å². The highest BCUT2D eigenvalue weighted by atomic mass is 79.9. The van der Waals surface area contributed by atoms with Gasteiger partial charge in [-0.15, -0.1) is 0 Å². The Balaban J connectivity index is 1.28. The van der Waals surface area contributed by atoms with Crippen molar-refractivity contribution in [1.29, 1.82) is 0 Å². The monoisotopic (exact) mass is 663 g/mol. The van der Waals surface area contributed by atoms with E-state index in [0.29, 0.717) is 30.3 Å². The van der Waals surface area contributed by atoms with Crippen LogP contribution in [0.2, 0.25) is 0 Å². The van der Waals surface area contributed by atoms with Crippen LogP contribution in [-0.4, -0.2) is 25.9 Å². The van der Waals surface area contributed by atoms with Gasteiger partial charge in [-0.05, 0) is 72.1 Å². The molecule has 0 spiro atoms. The number of carbonyl (C=O) groups excluding carboxylic acids is 1. The van der Waals surface area contributed by atoms with E-state index in [4.69, 9.17) is 14.2 Å². The van der Waals surface area contributed by atoms with E-state index in [-0.39, 0.29) is 5.97 Å². The van der Waals surface area contributed by atoms with E-state index in [0.717, 1.165) is 34.1 Å². The predicted molar refractivity (Wildman–Crippen MR) is 186 cm³/mol. The molecule has 0 aromatic heterocycles. The van der Waals surface area contributed by atoms with Crippen molar-refractivity contribution in [2.24, 2.45) is 4.99 Å². The van der Waals surface area contributed by atoms with E-state index >= 15 is 0 Å². The third kappa shape index (κ3) is 14.1. The third-order valence-electron chi connectivity index (χ3n) is 7.69. The maximum atomic E-state index is 12.5. The second kappa shape index (κ2) is 21.6. The number of hydrogen-bond donors (Lipinski definition) is 0. The van der Waals surface area contributed by atoms with E-state index in [1.807, 2.05) is 54.6 Å². The minimum Gasteiger partial charge on any atom is -0.493 e. The van der Waals surface area contributed by atoms with Crippen LogP contribution in [0.5, 0.6) is 11.5 Å². The van der Waals surface area contributed by atoms with Gasteiger partial charge >= 0.3 is 5.97 Å². The average molecular weight is 665 g/mol. The molecule has 0 aliphatic carbocycles. The first-order chi connectivity index (χ1) is 21.6. The second-order valence-electron chi connectivity index (χ2n) is 11.4. The Bertz CT molecular complexity index is 1240. The minimum atomic E-state index is -0.269. The van der Waals surface area contributed by atoms with Crippen LogP contribution in [0.25, 0.3) is 0 Å². The van der Waals surface area contributed by atoms with Gasteiger partial charge in [0.25, 0.3) is 0 Å². The molecule has 0 heterocycles. The molecule has 0 bridgehead atoms. The van der Waals surface area contributed by atoms with Crippen molar-refractivity contribution in [2.75, 3.05) is 13.7 Å². The van der Waals surface area contributed by atoms with Gasteiger partial charge in [-0.25, -0.2) is 4.79 Å². The lowest BCUT2D eigenvalue weighted by Gasteiger charge is -2.12. The summed E-state index contributed by atoms with van der Waals surface area (Å²) in [5.74, 6) is 1.01. The van der Waals surface area contributed by atoms with E-state index in [1.54, 1.807) is 25.5 Å². The van der Waals surface area contributed by atoms with Gasteiger partial charge in [0.05, 0.1) is 25.0 Å². The first-order valence-corrected chi connectivity index (χ1v) is 17.2. The molecule has 5 nitrogen and oxygen atoms in total. The van der Waals surface area contributed by atoms with Crippen molar-refractivity contribution < 1.29 is 19.0 Å². The van der Waals surface area contributed by atoms with Gasteiger partial charge in [-0.2, -0.15) is 0 Å². The Morgan fingerprint density at radius 1 is 0.727 bits per heavy atom. The number of ether oxygens (including phenoxy) is 3. The van der Waals surface area contributed by atoms with Gasteiger partial charge in [0.1, 0.15) is 6.61 Å². The van der Waals surface area contributed by atoms with Crippen LogP contribution < -0.4 is 9.47 Å². The molecule has 44 heavy (non-hydrogen) atoms. The molecule has 0 aliphatic rings. The number of halogens is 1. The molecule has 0 unspecified atom stereocenters. The number of methoxy groups -OCH3 is 1. The highest BCUT2D eigenvalue weighted by molar-refractivity contribution is 9.10. The summed E-state index contributed by atoms with van der Waals surface area (Å²) in [6.45, 7) is 3.11. The second-order valence-corrected chi connectivity index (χ2v) is 12.3. The van der Waals surface area contributed by atoms with Gasteiger partial charge in [-0.3, -0.25) is 4.99 Å². The molecule has 238 valence electrons. The summed E-state index contributed by atoms with van der Waals surface area (Å²) in [6, 6.07) is 20.9. The van der Waals surface area contributed by atoms with Gasteiger partial charge in [0, 0.05) is 10.7 Å². The molecule has 3 aromatic rings. The summed E-state index contributed by atoms with van der Waals surface area (Å²) in [7, 11) is 1.62. The van der Waals surface area contributed by atoms with Crippen molar-refractivity contribution in [3.8, 4) is 11.5 Å². The Hall–Kier alpha value is -3.12. The molecule has 3 rings (SSSR count). The first kappa shape index (κ1) is 35.4. The fourth-order valence-corrected chi connectivity index (χ4v) is 5.27. The maximum Gasteiger partial charge on any atom is 0.338 e. The maximum absolute atomic E-state index is 12.5. The number of nitrogens with zero attached hydrogens (tertiary/aromatic N) is 1. The molecule has 0 radical (unpaired) electrons. The largest absolute Gasteiger partial charge is 0.493 e. The number of esters is 1. The average Bonchev–Trinajstić information content (AvgIpc) is 3.05. The van der Waals surface area contributed by atoms with Crippen molar-refractivity contribution in [1.82, 2.24) is 0 Å². The molecule has 0 saturated heterocycles. The summed E-state index contributed by atoms with van der Waals surface area (Å²) in [6.07, 6.45) is 20.1. The summed E-state index contributed by atoms with van der Waals surface area (Å²) in [4.78, 5) is 17.0. The number of carbonyl (C=O) groups is 1. The van der Waals surface area contributed by atoms with Gasteiger partial charge < -0.3 is 14.2 Å². The standard InChI is InChI=1S/C38H50BrNO4/c1-3-4-5-6-7-8-9-10-11-12-13-14-15-16-27-43-38(41)33-20-17-31(18-21-33)30-44-36-26-19-32(28-37(36)42-2)29-40-35-24-22-34(39)23-25-35/h17-26,28-29H,3-16,27,30H2,1-2H3. The van der Waals surface area contributed by atoms with Gasteiger partial charge in [0.15, 0.2) is 11.5 Å². The summed E-state index contributed by atoms with van der Waals surface area (Å²) in [5, 5.41) is 0. The Morgan fingerprint density at radius 2 is 1.32 bits per heavy atom. The highest BCUT2D eigenvalue weighted by Gasteiger charge is 2.09. The SMILES string of the molecule is CCCCCCCCCCCCCCCCOC(=O)c1ccc(COc2ccc(C=Nc3ccc(Br)cc3)cc2OC)cc1.